The number of aromatic nitrogens is 2. The van der Waals surface area contributed by atoms with Crippen molar-refractivity contribution < 1.29 is 4.79 Å². The van der Waals surface area contributed by atoms with E-state index in [0.29, 0.717) is 17.3 Å². The predicted molar refractivity (Wildman–Crippen MR) is 113 cm³/mol. The topological polar surface area (TPSA) is 94.2 Å². The maximum atomic E-state index is 12.6. The third-order valence-corrected chi connectivity index (χ3v) is 5.46. The summed E-state index contributed by atoms with van der Waals surface area (Å²) in [5, 5.41) is 18.9. The number of hydrogen-bond acceptors (Lipinski definition) is 5. The molecule has 7 heteroatoms. The van der Waals surface area contributed by atoms with E-state index in [-0.39, 0.29) is 11.9 Å². The van der Waals surface area contributed by atoms with E-state index in [1.54, 1.807) is 6.20 Å². The first-order valence-electron chi connectivity index (χ1n) is 9.90. The maximum absolute atomic E-state index is 12.6. The average Bonchev–Trinajstić information content (AvgIpc) is 3.19. The zero-order valence-electron chi connectivity index (χ0n) is 16.4. The van der Waals surface area contributed by atoms with Gasteiger partial charge in [0.2, 0.25) is 0 Å². The molecule has 0 spiro atoms. The normalized spacial score (nSPS) is 18.8. The molecular formula is C22H24N6O. The Hall–Kier alpha value is -3.53. The third kappa shape index (κ3) is 4.02. The molecule has 1 saturated carbocycles. The Bertz CT molecular complexity index is 1060. The van der Waals surface area contributed by atoms with Crippen LogP contribution in [0.4, 0.5) is 11.5 Å². The van der Waals surface area contributed by atoms with Crippen molar-refractivity contribution in [3.8, 4) is 6.07 Å². The first-order valence-corrected chi connectivity index (χ1v) is 9.90. The fourth-order valence-electron chi connectivity index (χ4n) is 3.94. The van der Waals surface area contributed by atoms with Gasteiger partial charge in [-0.2, -0.15) is 5.26 Å². The number of benzene rings is 1. The molecule has 148 valence electrons. The highest BCUT2D eigenvalue weighted by atomic mass is 16.1. The number of carbonyl (C=O) groups excluding carboxylic acids is 1. The Kier molecular flexibility index (Phi) is 5.34. The summed E-state index contributed by atoms with van der Waals surface area (Å²) in [6.07, 6.45) is 5.54. The molecule has 7 nitrogen and oxygen atoms in total. The Labute approximate surface area is 169 Å². The standard InChI is InChI=1S/C22H24N6O/c1-24-19-6-3-2-5-18(19)22(29)27-16-11-9-15(10-12-16)25-20-7-4-8-21-26-17(13-23)14-28(20)21/h2-8,14-16,24-25H,9-12H2,1H3,(H,27,29)/t15-,16+. The quantitative estimate of drug-likeness (QED) is 0.623. The zero-order valence-corrected chi connectivity index (χ0v) is 16.4. The lowest BCUT2D eigenvalue weighted by Crippen LogP contribution is -2.40. The molecule has 3 aromatic rings. The number of pyridine rings is 1. The van der Waals surface area contributed by atoms with E-state index < -0.39 is 0 Å². The van der Waals surface area contributed by atoms with Crippen molar-refractivity contribution in [1.29, 1.82) is 5.26 Å². The van der Waals surface area contributed by atoms with Crippen LogP contribution < -0.4 is 16.0 Å². The minimum atomic E-state index is -0.0291. The summed E-state index contributed by atoms with van der Waals surface area (Å²) in [6.45, 7) is 0. The summed E-state index contributed by atoms with van der Waals surface area (Å²) in [5.41, 5.74) is 2.68. The lowest BCUT2D eigenvalue weighted by atomic mass is 9.91. The van der Waals surface area contributed by atoms with Gasteiger partial charge in [-0.1, -0.05) is 18.2 Å². The number of nitriles is 1. The maximum Gasteiger partial charge on any atom is 0.253 e. The number of nitrogens with zero attached hydrogens (tertiary/aromatic N) is 3. The molecule has 29 heavy (non-hydrogen) atoms. The molecule has 1 aliphatic carbocycles. The first-order chi connectivity index (χ1) is 14.2. The lowest BCUT2D eigenvalue weighted by molar-refractivity contribution is 0.0927. The first kappa shape index (κ1) is 18.8. The van der Waals surface area contributed by atoms with Gasteiger partial charge in [0.25, 0.3) is 5.91 Å². The van der Waals surface area contributed by atoms with Gasteiger partial charge >= 0.3 is 0 Å². The van der Waals surface area contributed by atoms with Crippen LogP contribution >= 0.6 is 0 Å². The molecule has 1 amide bonds. The number of nitrogens with one attached hydrogen (secondary N) is 3. The summed E-state index contributed by atoms with van der Waals surface area (Å²) in [7, 11) is 1.82. The molecule has 2 heterocycles. The lowest BCUT2D eigenvalue weighted by Gasteiger charge is -2.30. The van der Waals surface area contributed by atoms with Gasteiger partial charge in [0.15, 0.2) is 5.69 Å². The Balaban J connectivity index is 1.36. The largest absolute Gasteiger partial charge is 0.387 e. The second kappa shape index (κ2) is 8.23. The van der Waals surface area contributed by atoms with Crippen LogP contribution in [0.3, 0.4) is 0 Å². The van der Waals surface area contributed by atoms with Crippen LogP contribution in [0.25, 0.3) is 5.65 Å². The molecule has 2 aromatic heterocycles. The molecule has 4 rings (SSSR count). The number of amides is 1. The SMILES string of the molecule is CNc1ccccc1C(=O)N[C@H]1CC[C@@H](Nc2cccc3nc(C#N)cn23)CC1. The number of fused-ring (bicyclic) bond motifs is 1. The van der Waals surface area contributed by atoms with Crippen molar-refractivity contribution in [2.75, 3.05) is 17.7 Å². The molecule has 3 N–H and O–H groups in total. The van der Waals surface area contributed by atoms with Gasteiger partial charge in [-0.3, -0.25) is 9.20 Å². The second-order valence-corrected chi connectivity index (χ2v) is 7.34. The van der Waals surface area contributed by atoms with Gasteiger partial charge < -0.3 is 16.0 Å². The van der Waals surface area contributed by atoms with E-state index in [0.717, 1.165) is 42.8 Å². The molecule has 0 saturated heterocycles. The molecule has 1 aliphatic rings. The van der Waals surface area contributed by atoms with Crippen LogP contribution in [0.1, 0.15) is 41.7 Å². The van der Waals surface area contributed by atoms with E-state index in [9.17, 15) is 4.79 Å². The van der Waals surface area contributed by atoms with Crippen molar-refractivity contribution in [3.63, 3.8) is 0 Å². The molecule has 0 radical (unpaired) electrons. The summed E-state index contributed by atoms with van der Waals surface area (Å²) in [5.74, 6) is 0.908. The Morgan fingerprint density at radius 2 is 1.86 bits per heavy atom. The predicted octanol–water partition coefficient (Wildman–Crippen LogP) is 3.40. The highest BCUT2D eigenvalue weighted by Crippen LogP contribution is 2.24. The highest BCUT2D eigenvalue weighted by molar-refractivity contribution is 5.99. The van der Waals surface area contributed by atoms with Crippen LogP contribution in [-0.2, 0) is 0 Å². The van der Waals surface area contributed by atoms with Crippen molar-refractivity contribution in [3.05, 3.63) is 59.9 Å². The summed E-state index contributed by atoms with van der Waals surface area (Å²) < 4.78 is 1.92. The molecule has 0 atom stereocenters. The summed E-state index contributed by atoms with van der Waals surface area (Å²) in [6, 6.07) is 16.0. The number of anilines is 2. The van der Waals surface area contributed by atoms with Crippen molar-refractivity contribution in [1.82, 2.24) is 14.7 Å². The van der Waals surface area contributed by atoms with E-state index in [4.69, 9.17) is 5.26 Å². The molecule has 0 aliphatic heterocycles. The van der Waals surface area contributed by atoms with Crippen LogP contribution in [0.15, 0.2) is 48.7 Å². The number of imidazole rings is 1. The molecular weight excluding hydrogens is 364 g/mol. The van der Waals surface area contributed by atoms with Crippen molar-refractivity contribution in [2.45, 2.75) is 37.8 Å². The molecule has 1 fully saturated rings. The fourth-order valence-corrected chi connectivity index (χ4v) is 3.94. The van der Waals surface area contributed by atoms with Crippen molar-refractivity contribution in [2.24, 2.45) is 0 Å². The highest BCUT2D eigenvalue weighted by Gasteiger charge is 2.24. The zero-order chi connectivity index (χ0) is 20.2. The Morgan fingerprint density at radius 3 is 2.62 bits per heavy atom. The van der Waals surface area contributed by atoms with Crippen molar-refractivity contribution >= 4 is 23.1 Å². The number of hydrogen-bond donors (Lipinski definition) is 3. The smallest absolute Gasteiger partial charge is 0.253 e. The van der Waals surface area contributed by atoms with Gasteiger partial charge in [-0.15, -0.1) is 0 Å². The Morgan fingerprint density at radius 1 is 1.10 bits per heavy atom. The van der Waals surface area contributed by atoms with E-state index in [2.05, 4.69) is 27.0 Å². The number of para-hydroxylation sites is 1. The van der Waals surface area contributed by atoms with Crippen LogP contribution in [0, 0.1) is 11.3 Å². The van der Waals surface area contributed by atoms with E-state index in [1.807, 2.05) is 53.9 Å². The van der Waals surface area contributed by atoms with Gasteiger partial charge in [0.05, 0.1) is 5.56 Å². The van der Waals surface area contributed by atoms with E-state index >= 15 is 0 Å². The molecule has 0 unspecified atom stereocenters. The minimum Gasteiger partial charge on any atom is -0.387 e. The minimum absolute atomic E-state index is 0.0291. The fraction of sp³-hybridized carbons (Fsp3) is 0.318. The monoisotopic (exact) mass is 388 g/mol. The number of carbonyl (C=O) groups is 1. The summed E-state index contributed by atoms with van der Waals surface area (Å²) in [4.78, 5) is 16.9. The number of rotatable bonds is 5. The molecule has 0 bridgehead atoms. The van der Waals surface area contributed by atoms with Crippen LogP contribution in [0.5, 0.6) is 0 Å². The van der Waals surface area contributed by atoms with Gasteiger partial charge in [-0.05, 0) is 49.9 Å². The van der Waals surface area contributed by atoms with Gasteiger partial charge in [0, 0.05) is 31.0 Å². The van der Waals surface area contributed by atoms with Crippen LogP contribution in [0.2, 0.25) is 0 Å². The van der Waals surface area contributed by atoms with E-state index in [1.165, 1.54) is 0 Å². The van der Waals surface area contributed by atoms with Gasteiger partial charge in [0.1, 0.15) is 17.5 Å². The average molecular weight is 388 g/mol. The third-order valence-electron chi connectivity index (χ3n) is 5.46. The van der Waals surface area contributed by atoms with Crippen LogP contribution in [-0.4, -0.2) is 34.4 Å². The second-order valence-electron chi connectivity index (χ2n) is 7.34. The summed E-state index contributed by atoms with van der Waals surface area (Å²) >= 11 is 0. The molecule has 1 aromatic carbocycles. The van der Waals surface area contributed by atoms with Gasteiger partial charge in [-0.25, -0.2) is 4.98 Å².